The molecule has 1 N–H and O–H groups in total. The monoisotopic (exact) mass is 498 g/mol. The molecule has 0 spiro atoms. The molecule has 2 amide bonds. The van der Waals surface area contributed by atoms with Gasteiger partial charge in [0, 0.05) is 24.3 Å². The third-order valence-corrected chi connectivity index (χ3v) is 7.05. The fraction of sp³-hybridized carbons (Fsp3) is 0.364. The van der Waals surface area contributed by atoms with Crippen LogP contribution in [-0.4, -0.2) is 37.7 Å². The number of carbonyl (C=O) groups is 2. The third kappa shape index (κ3) is 6.45. The Labute approximate surface area is 197 Å². The lowest BCUT2D eigenvalue weighted by Gasteiger charge is -2.27. The summed E-state index contributed by atoms with van der Waals surface area (Å²) in [5.74, 6) is -0.543. The number of piperidine rings is 1. The molecule has 0 unspecified atom stereocenters. The molecule has 1 heterocycles. The molecule has 10 heteroatoms. The molecule has 172 valence electrons. The average molecular weight is 499 g/mol. The molecule has 0 saturated carbocycles. The van der Waals surface area contributed by atoms with Crippen LogP contribution >= 0.6 is 23.2 Å². The van der Waals surface area contributed by atoms with Crippen LogP contribution in [0.15, 0.2) is 59.5 Å². The highest BCUT2D eigenvalue weighted by atomic mass is 35.5. The number of rotatable bonds is 9. The quantitative estimate of drug-likeness (QED) is 0.312. The normalized spacial score (nSPS) is 14.9. The van der Waals surface area contributed by atoms with Gasteiger partial charge in [-0.2, -0.15) is 8.42 Å². The second-order valence-electron chi connectivity index (χ2n) is 7.40. The van der Waals surface area contributed by atoms with E-state index >= 15 is 0 Å². The Hall–Kier alpha value is -2.13. The smallest absolute Gasteiger partial charge is 0.296 e. The largest absolute Gasteiger partial charge is 0.323 e. The summed E-state index contributed by atoms with van der Waals surface area (Å²) >= 11 is 12.3. The van der Waals surface area contributed by atoms with Gasteiger partial charge in [-0.05, 0) is 62.1 Å². The molecule has 0 aromatic heterocycles. The number of alkyl halides is 2. The molecule has 32 heavy (non-hydrogen) atoms. The van der Waals surface area contributed by atoms with Crippen LogP contribution < -0.4 is 10.2 Å². The first-order valence-corrected chi connectivity index (χ1v) is 12.4. The predicted octanol–water partition coefficient (Wildman–Crippen LogP) is 4.50. The minimum absolute atomic E-state index is 0.00732. The Morgan fingerprint density at radius 2 is 1.75 bits per heavy atom. The third-order valence-electron chi connectivity index (χ3n) is 5.00. The first kappa shape index (κ1) is 24.5. The zero-order valence-electron chi connectivity index (χ0n) is 17.3. The molecule has 0 bridgehead atoms. The Balaban J connectivity index is 1.49. The minimum atomic E-state index is -3.88. The first-order chi connectivity index (χ1) is 15.2. The molecular formula is C22H24Cl2N2O5S. The zero-order valence-corrected chi connectivity index (χ0v) is 19.6. The van der Waals surface area contributed by atoms with Crippen LogP contribution in [0, 0.1) is 0 Å². The van der Waals surface area contributed by atoms with Gasteiger partial charge in [0.25, 0.3) is 16.0 Å². The molecule has 1 aliphatic heterocycles. The molecule has 0 radical (unpaired) electrons. The second kappa shape index (κ2) is 10.7. The molecule has 2 aromatic carbocycles. The molecular weight excluding hydrogens is 475 g/mol. The lowest BCUT2D eigenvalue weighted by atomic mass is 10.1. The second-order valence-corrected chi connectivity index (χ2v) is 10.5. The maximum Gasteiger partial charge on any atom is 0.296 e. The van der Waals surface area contributed by atoms with Crippen molar-refractivity contribution < 1.29 is 22.2 Å². The van der Waals surface area contributed by atoms with Crippen molar-refractivity contribution in [1.82, 2.24) is 0 Å². The molecule has 0 aliphatic carbocycles. The van der Waals surface area contributed by atoms with E-state index in [2.05, 4.69) is 5.32 Å². The molecule has 2 aromatic rings. The van der Waals surface area contributed by atoms with Gasteiger partial charge in [0.1, 0.15) is 0 Å². The number of hydrogen-bond acceptors (Lipinski definition) is 5. The topological polar surface area (TPSA) is 92.8 Å². The summed E-state index contributed by atoms with van der Waals surface area (Å²) in [5.41, 5.74) is 1.25. The van der Waals surface area contributed by atoms with E-state index in [4.69, 9.17) is 27.4 Å². The number of halogens is 2. The summed E-state index contributed by atoms with van der Waals surface area (Å²) in [7, 11) is -3.88. The van der Waals surface area contributed by atoms with Gasteiger partial charge >= 0.3 is 0 Å². The summed E-state index contributed by atoms with van der Waals surface area (Å²) in [5, 5.41) is 2.64. The fourth-order valence-electron chi connectivity index (χ4n) is 3.26. The van der Waals surface area contributed by atoms with Crippen molar-refractivity contribution in [3.63, 3.8) is 0 Å². The van der Waals surface area contributed by atoms with Gasteiger partial charge in [0.05, 0.1) is 11.5 Å². The van der Waals surface area contributed by atoms with Crippen LogP contribution in [0.3, 0.4) is 0 Å². The van der Waals surface area contributed by atoms with Crippen molar-refractivity contribution in [3.8, 4) is 0 Å². The predicted molar refractivity (Wildman–Crippen MR) is 125 cm³/mol. The van der Waals surface area contributed by atoms with E-state index in [1.54, 1.807) is 47.4 Å². The van der Waals surface area contributed by atoms with Crippen LogP contribution in [0.25, 0.3) is 0 Å². The maximum atomic E-state index is 12.5. The maximum absolute atomic E-state index is 12.5. The first-order valence-electron chi connectivity index (χ1n) is 10.2. The number of amides is 2. The van der Waals surface area contributed by atoms with E-state index < -0.39 is 20.4 Å². The van der Waals surface area contributed by atoms with Crippen LogP contribution in [0.5, 0.6) is 0 Å². The van der Waals surface area contributed by atoms with Crippen molar-refractivity contribution in [3.05, 3.63) is 54.6 Å². The van der Waals surface area contributed by atoms with E-state index in [1.165, 1.54) is 12.1 Å². The van der Waals surface area contributed by atoms with Crippen molar-refractivity contribution in [2.24, 2.45) is 0 Å². The Morgan fingerprint density at radius 1 is 1.06 bits per heavy atom. The van der Waals surface area contributed by atoms with Gasteiger partial charge in [-0.15, -0.1) is 0 Å². The van der Waals surface area contributed by atoms with E-state index in [9.17, 15) is 18.0 Å². The van der Waals surface area contributed by atoms with Crippen LogP contribution in [0.1, 0.15) is 32.1 Å². The summed E-state index contributed by atoms with van der Waals surface area (Å²) in [6.45, 7) is 0.517. The SMILES string of the molecule is O=C1CCCCN1c1ccc(NC(=O)C(Cl)(Cl)CCCOS(=O)(=O)c2ccccc2)cc1. The summed E-state index contributed by atoms with van der Waals surface area (Å²) in [4.78, 5) is 26.3. The van der Waals surface area contributed by atoms with E-state index in [-0.39, 0.29) is 30.3 Å². The molecule has 1 fully saturated rings. The number of carbonyl (C=O) groups excluding carboxylic acids is 2. The molecule has 7 nitrogen and oxygen atoms in total. The Morgan fingerprint density at radius 3 is 2.41 bits per heavy atom. The lowest BCUT2D eigenvalue weighted by Crippen LogP contribution is -2.35. The van der Waals surface area contributed by atoms with E-state index in [0.717, 1.165) is 18.5 Å². The average Bonchev–Trinajstić information content (AvgIpc) is 2.78. The van der Waals surface area contributed by atoms with Crippen molar-refractivity contribution in [1.29, 1.82) is 0 Å². The highest BCUT2D eigenvalue weighted by Crippen LogP contribution is 2.30. The molecule has 0 atom stereocenters. The van der Waals surface area contributed by atoms with Gasteiger partial charge in [-0.25, -0.2) is 0 Å². The van der Waals surface area contributed by atoms with Crippen molar-refractivity contribution >= 4 is 56.5 Å². The molecule has 1 aliphatic rings. The Bertz CT molecular complexity index is 1040. The van der Waals surface area contributed by atoms with Gasteiger partial charge in [0.15, 0.2) is 4.33 Å². The zero-order chi connectivity index (χ0) is 23.2. The molecule has 3 rings (SSSR count). The van der Waals surface area contributed by atoms with Gasteiger partial charge < -0.3 is 10.2 Å². The van der Waals surface area contributed by atoms with Crippen LogP contribution in [0.4, 0.5) is 11.4 Å². The number of anilines is 2. The van der Waals surface area contributed by atoms with Gasteiger partial charge in [0.2, 0.25) is 5.91 Å². The van der Waals surface area contributed by atoms with E-state index in [0.29, 0.717) is 18.7 Å². The summed E-state index contributed by atoms with van der Waals surface area (Å²) in [6.07, 6.45) is 2.55. The number of benzene rings is 2. The number of nitrogens with one attached hydrogen (secondary N) is 1. The van der Waals surface area contributed by atoms with Crippen molar-refractivity contribution in [2.75, 3.05) is 23.4 Å². The van der Waals surface area contributed by atoms with Gasteiger partial charge in [-0.3, -0.25) is 13.8 Å². The highest BCUT2D eigenvalue weighted by molar-refractivity contribution is 7.86. The van der Waals surface area contributed by atoms with Crippen LogP contribution in [-0.2, 0) is 23.9 Å². The van der Waals surface area contributed by atoms with Gasteiger partial charge in [-0.1, -0.05) is 41.4 Å². The lowest BCUT2D eigenvalue weighted by molar-refractivity contribution is -0.119. The Kier molecular flexibility index (Phi) is 8.16. The number of nitrogens with zero attached hydrogens (tertiary/aromatic N) is 1. The minimum Gasteiger partial charge on any atom is -0.323 e. The van der Waals surface area contributed by atoms with E-state index in [1.807, 2.05) is 0 Å². The van der Waals surface area contributed by atoms with Crippen molar-refractivity contribution in [2.45, 2.75) is 41.3 Å². The van der Waals surface area contributed by atoms with Crippen LogP contribution in [0.2, 0.25) is 0 Å². The molecule has 1 saturated heterocycles. The summed E-state index contributed by atoms with van der Waals surface area (Å²) < 4.78 is 27.4. The fourth-order valence-corrected chi connectivity index (χ4v) is 4.58. The summed E-state index contributed by atoms with van der Waals surface area (Å²) in [6, 6.07) is 14.6. The standard InChI is InChI=1S/C22H24Cl2N2O5S/c23-22(24,14-6-16-31-32(29,30)19-7-2-1-3-8-19)21(28)25-17-10-12-18(13-11-17)26-15-5-4-9-20(26)27/h1-3,7-8,10-13H,4-6,9,14-16H2,(H,25,28). The highest BCUT2D eigenvalue weighted by Gasteiger charge is 2.33. The number of hydrogen-bond donors (Lipinski definition) is 1.